The van der Waals surface area contributed by atoms with Crippen molar-refractivity contribution >= 4 is 23.3 Å². The quantitative estimate of drug-likeness (QED) is 0.752. The summed E-state index contributed by atoms with van der Waals surface area (Å²) in [5.41, 5.74) is 3.76. The lowest BCUT2D eigenvalue weighted by Gasteiger charge is -2.34. The fourth-order valence-electron chi connectivity index (χ4n) is 5.14. The van der Waals surface area contributed by atoms with Crippen molar-refractivity contribution in [3.05, 3.63) is 46.9 Å². The molecule has 1 N–H and O–H groups in total. The summed E-state index contributed by atoms with van der Waals surface area (Å²) in [7, 11) is 0. The van der Waals surface area contributed by atoms with E-state index in [4.69, 9.17) is 9.97 Å². The number of nitrogens with one attached hydrogen (secondary N) is 1. The topological polar surface area (TPSA) is 78.4 Å². The van der Waals surface area contributed by atoms with Gasteiger partial charge in [0.05, 0.1) is 0 Å². The number of anilines is 2. The molecule has 1 saturated heterocycles. The third-order valence-corrected chi connectivity index (χ3v) is 7.07. The van der Waals surface area contributed by atoms with E-state index in [2.05, 4.69) is 17.1 Å². The molecule has 1 aromatic carbocycles. The van der Waals surface area contributed by atoms with Gasteiger partial charge in [-0.15, -0.1) is 0 Å². The number of hydrogen-bond acceptors (Lipinski definition) is 5. The lowest BCUT2D eigenvalue weighted by atomic mass is 9.95. The number of benzene rings is 1. The molecule has 1 saturated carbocycles. The van der Waals surface area contributed by atoms with Gasteiger partial charge in [-0.25, -0.2) is 9.97 Å². The number of amides is 2. The second kappa shape index (κ2) is 9.12. The third kappa shape index (κ3) is 4.87. The van der Waals surface area contributed by atoms with Crippen LogP contribution in [0.15, 0.2) is 24.3 Å². The molecule has 2 amide bonds. The van der Waals surface area contributed by atoms with Gasteiger partial charge in [-0.2, -0.15) is 0 Å². The molecular weight excluding hydrogens is 414 g/mol. The van der Waals surface area contributed by atoms with Gasteiger partial charge in [0.25, 0.3) is 5.91 Å². The van der Waals surface area contributed by atoms with Crippen LogP contribution < -0.4 is 10.2 Å². The lowest BCUT2D eigenvalue weighted by Crippen LogP contribution is -2.40. The van der Waals surface area contributed by atoms with Gasteiger partial charge in [0.1, 0.15) is 11.6 Å². The monoisotopic (exact) mass is 447 g/mol. The van der Waals surface area contributed by atoms with E-state index in [0.717, 1.165) is 62.2 Å². The van der Waals surface area contributed by atoms with E-state index in [0.29, 0.717) is 17.8 Å². The third-order valence-electron chi connectivity index (χ3n) is 7.07. The second-order valence-electron chi connectivity index (χ2n) is 9.81. The number of aryl methyl sites for hydroxylation is 1. The number of piperidine rings is 1. The first-order valence-corrected chi connectivity index (χ1v) is 12.3. The maximum atomic E-state index is 13.2. The summed E-state index contributed by atoms with van der Waals surface area (Å²) in [6.07, 6.45) is 6.88. The molecule has 0 spiro atoms. The average Bonchev–Trinajstić information content (AvgIpc) is 3.63. The molecule has 3 aliphatic rings. The zero-order valence-electron chi connectivity index (χ0n) is 19.6. The SMILES string of the molecule is CC(=O)Nc1ccc(C(=O)N2CCCC(c3nc(C)c4c(n3)N(CC3CC3)CCC4)C2)cc1. The van der Waals surface area contributed by atoms with Crippen LogP contribution in [0.2, 0.25) is 0 Å². The summed E-state index contributed by atoms with van der Waals surface area (Å²) in [5.74, 6) is 2.94. The van der Waals surface area contributed by atoms with Gasteiger partial charge in [-0.05, 0) is 75.6 Å². The minimum Gasteiger partial charge on any atom is -0.356 e. The van der Waals surface area contributed by atoms with Crippen LogP contribution in [-0.4, -0.2) is 52.9 Å². The fourth-order valence-corrected chi connectivity index (χ4v) is 5.14. The predicted octanol–water partition coefficient (Wildman–Crippen LogP) is 3.93. The number of fused-ring (bicyclic) bond motifs is 1. The molecule has 7 nitrogen and oxygen atoms in total. The van der Waals surface area contributed by atoms with Crippen molar-refractivity contribution in [1.82, 2.24) is 14.9 Å². The van der Waals surface area contributed by atoms with Crippen molar-refractivity contribution in [3.8, 4) is 0 Å². The first-order valence-electron chi connectivity index (χ1n) is 12.3. The highest BCUT2D eigenvalue weighted by atomic mass is 16.2. The molecule has 5 rings (SSSR count). The standard InChI is InChI=1S/C26H33N5O2/c1-17-23-6-4-13-30(15-19-7-8-19)25(23)29-24(27-17)21-5-3-14-31(16-21)26(33)20-9-11-22(12-10-20)28-18(2)32/h9-12,19,21H,3-8,13-16H2,1-2H3,(H,28,32). The van der Waals surface area contributed by atoms with Gasteiger partial charge >= 0.3 is 0 Å². The van der Waals surface area contributed by atoms with Crippen molar-refractivity contribution in [2.45, 2.75) is 58.3 Å². The lowest BCUT2D eigenvalue weighted by molar-refractivity contribution is -0.114. The van der Waals surface area contributed by atoms with Gasteiger partial charge in [-0.1, -0.05) is 0 Å². The summed E-state index contributed by atoms with van der Waals surface area (Å²) in [4.78, 5) is 38.9. The van der Waals surface area contributed by atoms with Crippen molar-refractivity contribution in [3.63, 3.8) is 0 Å². The van der Waals surface area contributed by atoms with E-state index in [1.807, 2.05) is 4.90 Å². The molecule has 0 bridgehead atoms. The van der Waals surface area contributed by atoms with Crippen LogP contribution in [-0.2, 0) is 11.2 Å². The number of hydrogen-bond donors (Lipinski definition) is 1. The summed E-state index contributed by atoms with van der Waals surface area (Å²) < 4.78 is 0. The molecule has 1 unspecified atom stereocenters. The molecule has 174 valence electrons. The van der Waals surface area contributed by atoms with Gasteiger partial charge in [0.15, 0.2) is 0 Å². The number of rotatable bonds is 5. The summed E-state index contributed by atoms with van der Waals surface area (Å²) >= 11 is 0. The molecular formula is C26H33N5O2. The Hall–Kier alpha value is -2.96. The molecule has 2 fully saturated rings. The van der Waals surface area contributed by atoms with Crippen molar-refractivity contribution in [2.75, 3.05) is 36.4 Å². The molecule has 3 heterocycles. The molecule has 33 heavy (non-hydrogen) atoms. The Labute approximate surface area is 195 Å². The molecule has 7 heteroatoms. The Morgan fingerprint density at radius 3 is 2.58 bits per heavy atom. The van der Waals surface area contributed by atoms with E-state index in [1.54, 1.807) is 24.3 Å². The van der Waals surface area contributed by atoms with Crippen LogP contribution in [0.3, 0.4) is 0 Å². The molecule has 1 aliphatic carbocycles. The van der Waals surface area contributed by atoms with Crippen molar-refractivity contribution in [1.29, 1.82) is 0 Å². The van der Waals surface area contributed by atoms with Crippen LogP contribution in [0.25, 0.3) is 0 Å². The minimum absolute atomic E-state index is 0.0270. The van der Waals surface area contributed by atoms with Gasteiger partial charge in [-0.3, -0.25) is 9.59 Å². The zero-order chi connectivity index (χ0) is 22.9. The summed E-state index contributed by atoms with van der Waals surface area (Å²) in [6, 6.07) is 7.12. The Kier molecular flexibility index (Phi) is 6.04. The highest BCUT2D eigenvalue weighted by molar-refractivity contribution is 5.95. The largest absolute Gasteiger partial charge is 0.356 e. The Balaban J connectivity index is 1.33. The predicted molar refractivity (Wildman–Crippen MR) is 129 cm³/mol. The van der Waals surface area contributed by atoms with Crippen LogP contribution in [0, 0.1) is 12.8 Å². The first-order chi connectivity index (χ1) is 16.0. The highest BCUT2D eigenvalue weighted by Crippen LogP contribution is 2.36. The highest BCUT2D eigenvalue weighted by Gasteiger charge is 2.32. The fraction of sp³-hybridized carbons (Fsp3) is 0.538. The molecule has 2 aromatic rings. The molecule has 2 aliphatic heterocycles. The smallest absolute Gasteiger partial charge is 0.253 e. The Bertz CT molecular complexity index is 1050. The number of aromatic nitrogens is 2. The van der Waals surface area contributed by atoms with Crippen molar-refractivity contribution < 1.29 is 9.59 Å². The van der Waals surface area contributed by atoms with Gasteiger partial charge in [0, 0.05) is 61.5 Å². The minimum atomic E-state index is -0.121. The zero-order valence-corrected chi connectivity index (χ0v) is 19.6. The second-order valence-corrected chi connectivity index (χ2v) is 9.81. The maximum Gasteiger partial charge on any atom is 0.253 e. The van der Waals surface area contributed by atoms with E-state index >= 15 is 0 Å². The number of nitrogens with zero attached hydrogens (tertiary/aromatic N) is 4. The Morgan fingerprint density at radius 2 is 1.85 bits per heavy atom. The molecule has 0 radical (unpaired) electrons. The van der Waals surface area contributed by atoms with Crippen LogP contribution in [0.1, 0.15) is 72.4 Å². The Morgan fingerprint density at radius 1 is 1.06 bits per heavy atom. The number of likely N-dealkylation sites (tertiary alicyclic amines) is 1. The van der Waals surface area contributed by atoms with E-state index in [9.17, 15) is 9.59 Å². The summed E-state index contributed by atoms with van der Waals surface area (Å²) in [5, 5.41) is 2.74. The molecule has 1 aromatic heterocycles. The summed E-state index contributed by atoms with van der Waals surface area (Å²) in [6.45, 7) is 7.19. The van der Waals surface area contributed by atoms with Crippen molar-refractivity contribution in [2.24, 2.45) is 5.92 Å². The average molecular weight is 448 g/mol. The first kappa shape index (κ1) is 21.9. The van der Waals surface area contributed by atoms with E-state index in [-0.39, 0.29) is 17.7 Å². The van der Waals surface area contributed by atoms with Gasteiger partial charge in [0.2, 0.25) is 5.91 Å². The van der Waals surface area contributed by atoms with Gasteiger partial charge < -0.3 is 15.1 Å². The molecule has 1 atom stereocenters. The van der Waals surface area contributed by atoms with E-state index < -0.39 is 0 Å². The number of carbonyl (C=O) groups excluding carboxylic acids is 2. The van der Waals surface area contributed by atoms with Crippen LogP contribution >= 0.6 is 0 Å². The number of carbonyl (C=O) groups is 2. The van der Waals surface area contributed by atoms with Crippen LogP contribution in [0.5, 0.6) is 0 Å². The van der Waals surface area contributed by atoms with E-state index in [1.165, 1.54) is 31.7 Å². The maximum absolute atomic E-state index is 13.2. The van der Waals surface area contributed by atoms with Crippen LogP contribution in [0.4, 0.5) is 11.5 Å². The normalized spacial score (nSPS) is 20.4.